The van der Waals surface area contributed by atoms with E-state index in [-0.39, 0.29) is 6.04 Å². The number of halogens is 1. The van der Waals surface area contributed by atoms with Crippen LogP contribution in [0.15, 0.2) is 18.2 Å². The molecule has 0 fully saturated rings. The second-order valence-electron chi connectivity index (χ2n) is 3.42. The van der Waals surface area contributed by atoms with Crippen LogP contribution in [0.2, 0.25) is 5.02 Å². The Morgan fingerprint density at radius 3 is 3.08 bits per heavy atom. The summed E-state index contributed by atoms with van der Waals surface area (Å²) in [6.45, 7) is 0. The molecule has 0 bridgehead atoms. The fourth-order valence-corrected chi connectivity index (χ4v) is 2.25. The molecule has 1 atom stereocenters. The molecule has 3 heteroatoms. The van der Waals surface area contributed by atoms with Crippen LogP contribution in [0.5, 0.6) is 0 Å². The zero-order chi connectivity index (χ0) is 9.26. The summed E-state index contributed by atoms with van der Waals surface area (Å²) in [6.07, 6.45) is 3.34. The van der Waals surface area contributed by atoms with Crippen molar-refractivity contribution in [3.63, 3.8) is 0 Å². The molecule has 0 aliphatic heterocycles. The molecular weight excluding hydrogens is 184 g/mol. The van der Waals surface area contributed by atoms with Crippen molar-refractivity contribution in [2.75, 3.05) is 0 Å². The van der Waals surface area contributed by atoms with Crippen molar-refractivity contribution >= 4 is 11.6 Å². The van der Waals surface area contributed by atoms with Crippen LogP contribution in [-0.4, -0.2) is 0 Å². The Bertz CT molecular complexity index is 312. The van der Waals surface area contributed by atoms with Gasteiger partial charge in [0.05, 0.1) is 0 Å². The number of hydrazine groups is 1. The molecule has 0 radical (unpaired) electrons. The Hall–Kier alpha value is -0.570. The molecule has 1 aliphatic carbocycles. The maximum atomic E-state index is 6.10. The van der Waals surface area contributed by atoms with Crippen LogP contribution >= 0.6 is 11.6 Å². The Labute approximate surface area is 83.0 Å². The van der Waals surface area contributed by atoms with Gasteiger partial charge in [0.2, 0.25) is 0 Å². The molecule has 70 valence electrons. The molecule has 2 nitrogen and oxygen atoms in total. The fourth-order valence-electron chi connectivity index (χ4n) is 1.98. The maximum Gasteiger partial charge on any atom is 0.0463 e. The van der Waals surface area contributed by atoms with Crippen LogP contribution in [0, 0.1) is 0 Å². The third-order valence-electron chi connectivity index (χ3n) is 2.65. The maximum absolute atomic E-state index is 6.10. The van der Waals surface area contributed by atoms with Crippen molar-refractivity contribution in [1.29, 1.82) is 0 Å². The van der Waals surface area contributed by atoms with E-state index in [0.717, 1.165) is 24.3 Å². The van der Waals surface area contributed by atoms with E-state index >= 15 is 0 Å². The summed E-state index contributed by atoms with van der Waals surface area (Å²) >= 11 is 6.10. The second-order valence-corrected chi connectivity index (χ2v) is 3.83. The standard InChI is InChI=1S/C10H13ClN2/c11-9-5-1-4-8-7(9)3-2-6-10(8)13-12/h1,4-5,10,13H,2-3,6,12H2. The topological polar surface area (TPSA) is 38.0 Å². The number of hydrogen-bond acceptors (Lipinski definition) is 2. The summed E-state index contributed by atoms with van der Waals surface area (Å²) in [5, 5.41) is 0.873. The van der Waals surface area contributed by atoms with Crippen molar-refractivity contribution in [1.82, 2.24) is 5.43 Å². The van der Waals surface area contributed by atoms with Gasteiger partial charge in [0.15, 0.2) is 0 Å². The summed E-state index contributed by atoms with van der Waals surface area (Å²) in [7, 11) is 0. The molecular formula is C10H13ClN2. The lowest BCUT2D eigenvalue weighted by Crippen LogP contribution is -2.30. The van der Waals surface area contributed by atoms with E-state index in [9.17, 15) is 0 Å². The summed E-state index contributed by atoms with van der Waals surface area (Å²) in [4.78, 5) is 0. The number of fused-ring (bicyclic) bond motifs is 1. The number of hydrogen-bond donors (Lipinski definition) is 2. The summed E-state index contributed by atoms with van der Waals surface area (Å²) in [6, 6.07) is 6.31. The first-order valence-corrected chi connectivity index (χ1v) is 4.94. The van der Waals surface area contributed by atoms with Crippen molar-refractivity contribution in [2.45, 2.75) is 25.3 Å². The Balaban J connectivity index is 2.45. The predicted octanol–water partition coefficient (Wildman–Crippen LogP) is 2.18. The minimum atomic E-state index is 0.280. The van der Waals surface area contributed by atoms with Crippen molar-refractivity contribution < 1.29 is 0 Å². The van der Waals surface area contributed by atoms with Crippen molar-refractivity contribution in [2.24, 2.45) is 5.84 Å². The number of nitrogens with one attached hydrogen (secondary N) is 1. The number of benzene rings is 1. The highest BCUT2D eigenvalue weighted by atomic mass is 35.5. The average Bonchev–Trinajstić information content (AvgIpc) is 2.18. The van der Waals surface area contributed by atoms with Gasteiger partial charge in [0.1, 0.15) is 0 Å². The minimum Gasteiger partial charge on any atom is -0.271 e. The van der Waals surface area contributed by atoms with E-state index in [1.54, 1.807) is 0 Å². The van der Waals surface area contributed by atoms with Gasteiger partial charge in [-0.2, -0.15) is 0 Å². The lowest BCUT2D eigenvalue weighted by Gasteiger charge is -2.25. The van der Waals surface area contributed by atoms with E-state index in [4.69, 9.17) is 17.4 Å². The second kappa shape index (κ2) is 3.66. The Kier molecular flexibility index (Phi) is 2.54. The molecule has 0 aromatic heterocycles. The molecule has 3 N–H and O–H groups in total. The molecule has 0 amide bonds. The number of rotatable bonds is 1. The average molecular weight is 197 g/mol. The summed E-state index contributed by atoms with van der Waals surface area (Å²) in [5.41, 5.74) is 5.36. The molecule has 2 rings (SSSR count). The zero-order valence-corrected chi connectivity index (χ0v) is 8.14. The van der Waals surface area contributed by atoms with E-state index in [0.29, 0.717) is 0 Å². The van der Waals surface area contributed by atoms with Gasteiger partial charge in [0, 0.05) is 11.1 Å². The highest BCUT2D eigenvalue weighted by Crippen LogP contribution is 2.33. The van der Waals surface area contributed by atoms with E-state index in [2.05, 4.69) is 11.5 Å². The lowest BCUT2D eigenvalue weighted by molar-refractivity contribution is 0.472. The molecule has 0 saturated heterocycles. The molecule has 1 aromatic carbocycles. The lowest BCUT2D eigenvalue weighted by atomic mass is 9.88. The van der Waals surface area contributed by atoms with E-state index < -0.39 is 0 Å². The largest absolute Gasteiger partial charge is 0.271 e. The molecule has 0 heterocycles. The van der Waals surface area contributed by atoms with Gasteiger partial charge in [-0.25, -0.2) is 0 Å². The van der Waals surface area contributed by atoms with Crippen molar-refractivity contribution in [3.05, 3.63) is 34.3 Å². The van der Waals surface area contributed by atoms with Crippen LogP contribution in [0.3, 0.4) is 0 Å². The van der Waals surface area contributed by atoms with Crippen LogP contribution in [0.25, 0.3) is 0 Å². The van der Waals surface area contributed by atoms with Gasteiger partial charge < -0.3 is 0 Å². The molecule has 1 unspecified atom stereocenters. The highest BCUT2D eigenvalue weighted by Gasteiger charge is 2.20. The van der Waals surface area contributed by atoms with Gasteiger partial charge in [-0.15, -0.1) is 0 Å². The van der Waals surface area contributed by atoms with Crippen LogP contribution in [-0.2, 0) is 6.42 Å². The first kappa shape index (κ1) is 9.00. The minimum absolute atomic E-state index is 0.280. The first-order chi connectivity index (χ1) is 6.33. The van der Waals surface area contributed by atoms with Crippen LogP contribution < -0.4 is 11.3 Å². The van der Waals surface area contributed by atoms with Gasteiger partial charge in [-0.3, -0.25) is 11.3 Å². The monoisotopic (exact) mass is 196 g/mol. The zero-order valence-electron chi connectivity index (χ0n) is 7.39. The van der Waals surface area contributed by atoms with Gasteiger partial charge in [-0.05, 0) is 36.5 Å². The molecule has 1 aromatic rings. The predicted molar refractivity (Wildman–Crippen MR) is 54.5 cm³/mol. The van der Waals surface area contributed by atoms with Gasteiger partial charge in [-0.1, -0.05) is 23.7 Å². The third kappa shape index (κ3) is 1.57. The SMILES string of the molecule is NNC1CCCc2c(Cl)cccc21. The molecule has 0 saturated carbocycles. The third-order valence-corrected chi connectivity index (χ3v) is 3.01. The summed E-state index contributed by atoms with van der Waals surface area (Å²) < 4.78 is 0. The quantitative estimate of drug-likeness (QED) is 0.534. The van der Waals surface area contributed by atoms with Crippen LogP contribution in [0.1, 0.15) is 30.0 Å². The Morgan fingerprint density at radius 2 is 2.31 bits per heavy atom. The first-order valence-electron chi connectivity index (χ1n) is 4.56. The summed E-state index contributed by atoms with van der Waals surface area (Å²) in [5.74, 6) is 5.48. The van der Waals surface area contributed by atoms with Gasteiger partial charge in [0.25, 0.3) is 0 Å². The van der Waals surface area contributed by atoms with E-state index in [1.807, 2.05) is 12.1 Å². The molecule has 13 heavy (non-hydrogen) atoms. The van der Waals surface area contributed by atoms with Crippen molar-refractivity contribution in [3.8, 4) is 0 Å². The smallest absolute Gasteiger partial charge is 0.0463 e. The Morgan fingerprint density at radius 1 is 1.46 bits per heavy atom. The molecule has 1 aliphatic rings. The van der Waals surface area contributed by atoms with E-state index in [1.165, 1.54) is 11.1 Å². The van der Waals surface area contributed by atoms with Crippen LogP contribution in [0.4, 0.5) is 0 Å². The highest BCUT2D eigenvalue weighted by molar-refractivity contribution is 6.31. The molecule has 0 spiro atoms. The fraction of sp³-hybridized carbons (Fsp3) is 0.400. The van der Waals surface area contributed by atoms with Gasteiger partial charge >= 0.3 is 0 Å². The number of nitrogens with two attached hydrogens (primary N) is 1. The normalized spacial score (nSPS) is 21.2.